The fourth-order valence-electron chi connectivity index (χ4n) is 3.23. The van der Waals surface area contributed by atoms with Gasteiger partial charge in [0.05, 0.1) is 18.4 Å². The van der Waals surface area contributed by atoms with Crippen LogP contribution < -0.4 is 0 Å². The van der Waals surface area contributed by atoms with Crippen molar-refractivity contribution in [1.82, 2.24) is 0 Å². The van der Waals surface area contributed by atoms with Crippen molar-refractivity contribution in [3.05, 3.63) is 34.9 Å². The minimum atomic E-state index is -1.52. The Kier molecular flexibility index (Phi) is 8.01. The first-order valence-corrected chi connectivity index (χ1v) is 10.0. The van der Waals surface area contributed by atoms with Crippen LogP contribution in [-0.2, 0) is 19.1 Å². The highest BCUT2D eigenvalue weighted by Gasteiger charge is 2.43. The van der Waals surface area contributed by atoms with Crippen LogP contribution in [0, 0.1) is 19.8 Å². The zero-order valence-electron chi connectivity index (χ0n) is 17.7. The van der Waals surface area contributed by atoms with Crippen molar-refractivity contribution in [2.24, 2.45) is 11.1 Å². The lowest BCUT2D eigenvalue weighted by Gasteiger charge is -2.39. The van der Waals surface area contributed by atoms with E-state index in [2.05, 4.69) is 37.2 Å². The number of aryl methyl sites for hydroxylation is 2. The summed E-state index contributed by atoms with van der Waals surface area (Å²) in [5.74, 6) is -2.37. The number of rotatable bonds is 9. The second-order valence-electron chi connectivity index (χ2n) is 7.80. The zero-order valence-corrected chi connectivity index (χ0v) is 17.7. The molecule has 6 nitrogen and oxygen atoms in total. The van der Waals surface area contributed by atoms with Gasteiger partial charge in [-0.2, -0.15) is 0 Å². The number of hydrogen-bond donors (Lipinski definition) is 1. The molecule has 1 N–H and O–H groups in total. The van der Waals surface area contributed by atoms with Gasteiger partial charge in [-0.15, -0.1) is 0 Å². The summed E-state index contributed by atoms with van der Waals surface area (Å²) in [6.07, 6.45) is 3.80. The number of carboxylic acid groups (broad SMARTS) is 1. The Balaban J connectivity index is 1.63. The van der Waals surface area contributed by atoms with Crippen LogP contribution in [0.3, 0.4) is 0 Å². The van der Waals surface area contributed by atoms with Crippen molar-refractivity contribution >= 4 is 11.7 Å². The molecule has 28 heavy (non-hydrogen) atoms. The van der Waals surface area contributed by atoms with Gasteiger partial charge in [-0.1, -0.05) is 23.7 Å². The lowest BCUT2D eigenvalue weighted by molar-refractivity contribution is -0.292. The number of nitrogens with zero attached hydrogens (tertiary/aromatic N) is 1. The Morgan fingerprint density at radius 3 is 2.68 bits per heavy atom. The van der Waals surface area contributed by atoms with E-state index in [4.69, 9.17) is 19.4 Å². The summed E-state index contributed by atoms with van der Waals surface area (Å²) in [4.78, 5) is 16.6. The van der Waals surface area contributed by atoms with E-state index in [-0.39, 0.29) is 12.0 Å². The molecule has 2 rings (SSSR count). The maximum Gasteiger partial charge on any atom is 0.364 e. The normalized spacial score (nSPS) is 25.5. The average Bonchev–Trinajstić information content (AvgIpc) is 2.64. The summed E-state index contributed by atoms with van der Waals surface area (Å²) in [5.41, 5.74) is 4.49. The van der Waals surface area contributed by atoms with Gasteiger partial charge in [-0.05, 0) is 69.7 Å². The zero-order chi connectivity index (χ0) is 20.7. The Bertz CT molecular complexity index is 702. The molecular formula is C22H33NO5. The van der Waals surface area contributed by atoms with Crippen molar-refractivity contribution in [3.63, 3.8) is 0 Å². The molecule has 0 amide bonds. The van der Waals surface area contributed by atoms with Gasteiger partial charge in [0.15, 0.2) is 0 Å². The number of benzene rings is 1. The highest BCUT2D eigenvalue weighted by atomic mass is 16.7. The van der Waals surface area contributed by atoms with Gasteiger partial charge in [0, 0.05) is 12.8 Å². The molecule has 3 unspecified atom stereocenters. The minimum Gasteiger partial charge on any atom is -0.477 e. The van der Waals surface area contributed by atoms with Gasteiger partial charge >= 0.3 is 5.97 Å². The van der Waals surface area contributed by atoms with E-state index in [0.29, 0.717) is 13.2 Å². The van der Waals surface area contributed by atoms with E-state index < -0.39 is 11.8 Å². The predicted octanol–water partition coefficient (Wildman–Crippen LogP) is 4.46. The Labute approximate surface area is 167 Å². The second kappa shape index (κ2) is 10.0. The predicted molar refractivity (Wildman–Crippen MR) is 109 cm³/mol. The topological polar surface area (TPSA) is 77.4 Å². The number of unbranched alkanes of at least 4 members (excludes halogenated alkanes) is 2. The van der Waals surface area contributed by atoms with Crippen LogP contribution in [0.5, 0.6) is 0 Å². The Hall–Kier alpha value is -1.92. The van der Waals surface area contributed by atoms with E-state index in [9.17, 15) is 4.79 Å². The molecule has 156 valence electrons. The summed E-state index contributed by atoms with van der Waals surface area (Å²) < 4.78 is 11.0. The van der Waals surface area contributed by atoms with E-state index in [1.807, 2.05) is 13.8 Å². The lowest BCUT2D eigenvalue weighted by Crippen LogP contribution is -2.51. The highest BCUT2D eigenvalue weighted by Crippen LogP contribution is 2.29. The van der Waals surface area contributed by atoms with Gasteiger partial charge in [-0.3, -0.25) is 0 Å². The quantitative estimate of drug-likeness (QED) is 0.382. The third kappa shape index (κ3) is 6.04. The largest absolute Gasteiger partial charge is 0.477 e. The van der Waals surface area contributed by atoms with E-state index in [0.717, 1.165) is 37.0 Å². The minimum absolute atomic E-state index is 0.128. The third-order valence-corrected chi connectivity index (χ3v) is 5.47. The van der Waals surface area contributed by atoms with Crippen LogP contribution in [0.25, 0.3) is 0 Å². The molecule has 1 aliphatic rings. The molecule has 1 saturated heterocycles. The summed E-state index contributed by atoms with van der Waals surface area (Å²) in [6, 6.07) is 6.29. The summed E-state index contributed by atoms with van der Waals surface area (Å²) in [5, 5.41) is 13.4. The van der Waals surface area contributed by atoms with Gasteiger partial charge < -0.3 is 19.4 Å². The third-order valence-electron chi connectivity index (χ3n) is 5.47. The highest BCUT2D eigenvalue weighted by molar-refractivity contribution is 5.98. The first-order chi connectivity index (χ1) is 13.2. The smallest absolute Gasteiger partial charge is 0.364 e. The summed E-state index contributed by atoms with van der Waals surface area (Å²) in [7, 11) is 0. The van der Waals surface area contributed by atoms with E-state index >= 15 is 0 Å². The van der Waals surface area contributed by atoms with Gasteiger partial charge in [-0.25, -0.2) is 4.79 Å². The first kappa shape index (κ1) is 22.4. The van der Waals surface area contributed by atoms with Crippen LogP contribution in [-0.4, -0.2) is 41.9 Å². The van der Waals surface area contributed by atoms with Crippen LogP contribution in [0.15, 0.2) is 23.4 Å². The summed E-state index contributed by atoms with van der Waals surface area (Å²) >= 11 is 0. The molecule has 0 bridgehead atoms. The Morgan fingerprint density at radius 2 is 2.04 bits per heavy atom. The number of aliphatic carboxylic acids is 1. The average molecular weight is 392 g/mol. The monoisotopic (exact) mass is 391 g/mol. The van der Waals surface area contributed by atoms with Crippen LogP contribution in [0.4, 0.5) is 0 Å². The fraction of sp³-hybridized carbons (Fsp3) is 0.636. The molecule has 1 heterocycles. The van der Waals surface area contributed by atoms with Gasteiger partial charge in [0.2, 0.25) is 0 Å². The first-order valence-electron chi connectivity index (χ1n) is 10.0. The second-order valence-corrected chi connectivity index (χ2v) is 7.80. The van der Waals surface area contributed by atoms with Gasteiger partial charge in [0.25, 0.3) is 5.79 Å². The fourth-order valence-corrected chi connectivity index (χ4v) is 3.23. The molecule has 1 aromatic carbocycles. The maximum atomic E-state index is 11.2. The molecule has 0 aromatic heterocycles. The SMILES string of the molecule is CC(=NOCCCCCC1COC(C)(C(=O)O)OC1C)c1ccc(C)c(C)c1. The molecule has 0 spiro atoms. The summed E-state index contributed by atoms with van der Waals surface area (Å²) in [6.45, 7) is 10.5. The Morgan fingerprint density at radius 1 is 1.29 bits per heavy atom. The molecule has 0 radical (unpaired) electrons. The van der Waals surface area contributed by atoms with Crippen LogP contribution in [0.2, 0.25) is 0 Å². The number of hydrogen-bond acceptors (Lipinski definition) is 5. The molecular weight excluding hydrogens is 358 g/mol. The molecule has 0 aliphatic carbocycles. The lowest BCUT2D eigenvalue weighted by atomic mass is 9.95. The molecule has 1 aromatic rings. The van der Waals surface area contributed by atoms with Crippen molar-refractivity contribution in [2.45, 2.75) is 72.2 Å². The molecule has 6 heteroatoms. The number of carbonyl (C=O) groups is 1. The van der Waals surface area contributed by atoms with E-state index in [1.165, 1.54) is 18.1 Å². The van der Waals surface area contributed by atoms with Crippen LogP contribution >= 0.6 is 0 Å². The standard InChI is InChI=1S/C22H33NO5/c1-15-10-11-19(13-16(15)2)17(3)23-27-12-8-6-7-9-20-14-26-22(5,21(24)25)28-18(20)4/h10-11,13,18,20H,6-9,12,14H2,1-5H3,(H,24,25). The van der Waals surface area contributed by atoms with Crippen molar-refractivity contribution in [2.75, 3.05) is 13.2 Å². The van der Waals surface area contributed by atoms with E-state index in [1.54, 1.807) is 0 Å². The van der Waals surface area contributed by atoms with Crippen molar-refractivity contribution in [3.8, 4) is 0 Å². The number of oxime groups is 1. The molecule has 1 fully saturated rings. The molecule has 3 atom stereocenters. The van der Waals surface area contributed by atoms with Crippen LogP contribution in [0.1, 0.15) is 63.1 Å². The molecule has 0 saturated carbocycles. The maximum absolute atomic E-state index is 11.2. The van der Waals surface area contributed by atoms with Crippen molar-refractivity contribution < 1.29 is 24.2 Å². The number of carboxylic acids is 1. The number of ether oxygens (including phenoxy) is 2. The van der Waals surface area contributed by atoms with Gasteiger partial charge in [0.1, 0.15) is 6.61 Å². The van der Waals surface area contributed by atoms with Crippen molar-refractivity contribution in [1.29, 1.82) is 0 Å². The molecule has 1 aliphatic heterocycles.